The van der Waals surface area contributed by atoms with Crippen LogP contribution in [0.2, 0.25) is 5.02 Å². The molecule has 11 heteroatoms. The number of halogens is 2. The van der Waals surface area contributed by atoms with E-state index < -0.39 is 0 Å². The molecule has 0 bridgehead atoms. The zero-order chi connectivity index (χ0) is 22.9. The summed E-state index contributed by atoms with van der Waals surface area (Å²) in [6, 6.07) is 5.64. The van der Waals surface area contributed by atoms with Crippen molar-refractivity contribution in [3.8, 4) is 11.6 Å². The third-order valence-corrected chi connectivity index (χ3v) is 7.19. The van der Waals surface area contributed by atoms with E-state index in [1.807, 2.05) is 16.8 Å². The number of carbonyl (C=O) groups is 1. The maximum Gasteiger partial charge on any atom is 0.409 e. The highest BCUT2D eigenvalue weighted by atomic mass is 79.9. The Kier molecular flexibility index (Phi) is 6.40. The van der Waals surface area contributed by atoms with E-state index in [0.29, 0.717) is 55.3 Å². The van der Waals surface area contributed by atoms with Crippen molar-refractivity contribution >= 4 is 44.7 Å². The fourth-order valence-corrected chi connectivity index (χ4v) is 4.66. The van der Waals surface area contributed by atoms with Crippen molar-refractivity contribution in [1.29, 1.82) is 0 Å². The van der Waals surface area contributed by atoms with Gasteiger partial charge in [-0.15, -0.1) is 5.10 Å². The number of piperazine rings is 1. The molecule has 0 atom stereocenters. The Bertz CT molecular complexity index is 1180. The van der Waals surface area contributed by atoms with Gasteiger partial charge in [-0.2, -0.15) is 0 Å². The molecular formula is C22H24BrClN6O3. The predicted molar refractivity (Wildman–Crippen MR) is 127 cm³/mol. The second kappa shape index (κ2) is 9.44. The van der Waals surface area contributed by atoms with E-state index >= 15 is 0 Å². The lowest BCUT2D eigenvalue weighted by molar-refractivity contribution is 0.0886. The Morgan fingerprint density at radius 3 is 2.73 bits per heavy atom. The van der Waals surface area contributed by atoms with Crippen LogP contribution in [0.5, 0.6) is 11.6 Å². The average Bonchev–Trinajstić information content (AvgIpc) is 3.55. The highest BCUT2D eigenvalue weighted by molar-refractivity contribution is 9.10. The molecule has 174 valence electrons. The summed E-state index contributed by atoms with van der Waals surface area (Å²) in [6.07, 6.45) is 3.84. The molecule has 1 saturated carbocycles. The van der Waals surface area contributed by atoms with Crippen LogP contribution in [-0.4, -0.2) is 69.2 Å². The number of carbonyl (C=O) groups excluding carboxylic acids is 1. The Hall–Kier alpha value is -2.43. The van der Waals surface area contributed by atoms with Gasteiger partial charge in [0.05, 0.1) is 22.1 Å². The predicted octanol–water partition coefficient (Wildman–Crippen LogP) is 4.33. The van der Waals surface area contributed by atoms with E-state index in [0.717, 1.165) is 27.6 Å². The molecule has 1 aliphatic carbocycles. The van der Waals surface area contributed by atoms with Crippen LogP contribution in [0.25, 0.3) is 11.0 Å². The van der Waals surface area contributed by atoms with Crippen molar-refractivity contribution in [2.45, 2.75) is 25.9 Å². The van der Waals surface area contributed by atoms with Crippen molar-refractivity contribution in [1.82, 2.24) is 29.8 Å². The van der Waals surface area contributed by atoms with Gasteiger partial charge >= 0.3 is 6.09 Å². The van der Waals surface area contributed by atoms with E-state index in [1.165, 1.54) is 20.0 Å². The Morgan fingerprint density at radius 2 is 2.00 bits per heavy atom. The van der Waals surface area contributed by atoms with Gasteiger partial charge in [-0.3, -0.25) is 4.90 Å². The van der Waals surface area contributed by atoms with E-state index in [4.69, 9.17) is 21.1 Å². The SMILES string of the molecule is COC(=O)N1CCN(Cc2c(Cl)ccnc2Oc2ccc3c(nnn3CC3CC3)c2Br)CC1. The fourth-order valence-electron chi connectivity index (χ4n) is 3.97. The molecule has 0 unspecified atom stereocenters. The van der Waals surface area contributed by atoms with Gasteiger partial charge in [0.25, 0.3) is 0 Å². The molecule has 0 N–H and O–H groups in total. The van der Waals surface area contributed by atoms with Gasteiger partial charge < -0.3 is 14.4 Å². The highest BCUT2D eigenvalue weighted by Crippen LogP contribution is 2.38. The van der Waals surface area contributed by atoms with E-state index in [2.05, 4.69) is 36.1 Å². The lowest BCUT2D eigenvalue weighted by Crippen LogP contribution is -2.48. The molecule has 9 nitrogen and oxygen atoms in total. The number of benzene rings is 1. The van der Waals surface area contributed by atoms with Gasteiger partial charge in [-0.1, -0.05) is 16.8 Å². The lowest BCUT2D eigenvalue weighted by Gasteiger charge is -2.34. The largest absolute Gasteiger partial charge is 0.453 e. The second-order valence-corrected chi connectivity index (χ2v) is 9.57. The van der Waals surface area contributed by atoms with Crippen LogP contribution in [0.4, 0.5) is 4.79 Å². The zero-order valence-corrected chi connectivity index (χ0v) is 20.5. The van der Waals surface area contributed by atoms with Crippen molar-refractivity contribution in [3.05, 3.63) is 39.5 Å². The van der Waals surface area contributed by atoms with Gasteiger partial charge in [0.1, 0.15) is 11.3 Å². The van der Waals surface area contributed by atoms with Crippen LogP contribution in [-0.2, 0) is 17.8 Å². The molecule has 2 aromatic heterocycles. The first-order valence-electron chi connectivity index (χ1n) is 10.9. The third-order valence-electron chi connectivity index (χ3n) is 6.07. The first kappa shape index (κ1) is 22.4. The van der Waals surface area contributed by atoms with Crippen LogP contribution in [0.1, 0.15) is 18.4 Å². The summed E-state index contributed by atoms with van der Waals surface area (Å²) < 4.78 is 13.7. The van der Waals surface area contributed by atoms with Crippen molar-refractivity contribution < 1.29 is 14.3 Å². The minimum Gasteiger partial charge on any atom is -0.453 e. The van der Waals surface area contributed by atoms with Crippen LogP contribution >= 0.6 is 27.5 Å². The summed E-state index contributed by atoms with van der Waals surface area (Å²) in [7, 11) is 1.40. The van der Waals surface area contributed by atoms with Crippen molar-refractivity contribution in [3.63, 3.8) is 0 Å². The quantitative estimate of drug-likeness (QED) is 0.464. The minimum absolute atomic E-state index is 0.299. The molecule has 5 rings (SSSR count). The second-order valence-electron chi connectivity index (χ2n) is 8.37. The van der Waals surface area contributed by atoms with Gasteiger partial charge in [-0.25, -0.2) is 14.5 Å². The molecular weight excluding hydrogens is 512 g/mol. The molecule has 2 fully saturated rings. The summed E-state index contributed by atoms with van der Waals surface area (Å²) >= 11 is 10.2. The summed E-state index contributed by atoms with van der Waals surface area (Å²) in [6.45, 7) is 4.07. The maximum atomic E-state index is 11.7. The first-order valence-corrected chi connectivity index (χ1v) is 12.1. The van der Waals surface area contributed by atoms with E-state index in [9.17, 15) is 4.79 Å². The molecule has 3 heterocycles. The molecule has 2 aliphatic rings. The summed E-state index contributed by atoms with van der Waals surface area (Å²) in [5.41, 5.74) is 2.54. The van der Waals surface area contributed by atoms with Crippen molar-refractivity contribution in [2.75, 3.05) is 33.3 Å². The Morgan fingerprint density at radius 1 is 1.21 bits per heavy atom. The van der Waals surface area contributed by atoms with Crippen molar-refractivity contribution in [2.24, 2.45) is 5.92 Å². The maximum absolute atomic E-state index is 11.7. The topological polar surface area (TPSA) is 85.6 Å². The minimum atomic E-state index is -0.299. The Balaban J connectivity index is 1.34. The number of hydrogen-bond donors (Lipinski definition) is 0. The molecule has 0 spiro atoms. The molecule has 1 amide bonds. The number of pyridine rings is 1. The van der Waals surface area contributed by atoms with Gasteiger partial charge in [0, 0.05) is 51.0 Å². The normalized spacial score (nSPS) is 16.9. The fraction of sp³-hybridized carbons (Fsp3) is 0.455. The molecule has 1 aromatic carbocycles. The number of rotatable bonds is 6. The summed E-state index contributed by atoms with van der Waals surface area (Å²) in [5, 5.41) is 9.26. The summed E-state index contributed by atoms with van der Waals surface area (Å²) in [5.74, 6) is 1.76. The van der Waals surface area contributed by atoms with Gasteiger partial charge in [-0.05, 0) is 52.9 Å². The lowest BCUT2D eigenvalue weighted by atomic mass is 10.2. The number of aromatic nitrogens is 4. The molecule has 33 heavy (non-hydrogen) atoms. The van der Waals surface area contributed by atoms with Crippen LogP contribution in [0.3, 0.4) is 0 Å². The van der Waals surface area contributed by atoms with E-state index in [-0.39, 0.29) is 6.09 Å². The number of methoxy groups -OCH3 is 1. The smallest absolute Gasteiger partial charge is 0.409 e. The highest BCUT2D eigenvalue weighted by Gasteiger charge is 2.25. The van der Waals surface area contributed by atoms with Crippen LogP contribution in [0.15, 0.2) is 28.9 Å². The zero-order valence-electron chi connectivity index (χ0n) is 18.2. The molecule has 3 aromatic rings. The average molecular weight is 536 g/mol. The van der Waals surface area contributed by atoms with E-state index in [1.54, 1.807) is 17.2 Å². The number of hydrogen-bond acceptors (Lipinski definition) is 7. The molecule has 0 radical (unpaired) electrons. The number of fused-ring (bicyclic) bond motifs is 1. The molecule has 1 saturated heterocycles. The standard InChI is InChI=1S/C22H24BrClN6O3/c1-32-22(31)29-10-8-28(9-11-29)13-15-16(24)6-7-25-21(15)33-18-5-4-17-20(19(18)23)26-27-30(17)12-14-2-3-14/h4-7,14H,2-3,8-13H2,1H3. The van der Waals surface area contributed by atoms with Crippen LogP contribution in [0, 0.1) is 5.92 Å². The van der Waals surface area contributed by atoms with Gasteiger partial charge in [0.2, 0.25) is 5.88 Å². The first-order chi connectivity index (χ1) is 16.0. The number of amides is 1. The molecule has 1 aliphatic heterocycles. The third kappa shape index (κ3) is 4.78. The van der Waals surface area contributed by atoms with Gasteiger partial charge in [0.15, 0.2) is 0 Å². The number of ether oxygens (including phenoxy) is 2. The van der Waals surface area contributed by atoms with Crippen LogP contribution < -0.4 is 4.74 Å². The Labute approximate surface area is 204 Å². The summed E-state index contributed by atoms with van der Waals surface area (Å²) in [4.78, 5) is 20.1. The monoisotopic (exact) mass is 534 g/mol. The number of nitrogens with zero attached hydrogens (tertiary/aromatic N) is 6.